The quantitative estimate of drug-likeness (QED) is 0.160. The molecule has 2 aromatic heterocycles. The second kappa shape index (κ2) is 15.3. The van der Waals surface area contributed by atoms with Crippen molar-refractivity contribution < 1.29 is 0 Å². The van der Waals surface area contributed by atoms with Gasteiger partial charge in [-0.3, -0.25) is 9.47 Å². The number of pyridine rings is 1. The smallest absolute Gasteiger partial charge is 0.142 e. The van der Waals surface area contributed by atoms with E-state index in [2.05, 4.69) is 198 Å². The molecule has 0 amide bonds. The van der Waals surface area contributed by atoms with Crippen molar-refractivity contribution >= 4 is 56.1 Å². The van der Waals surface area contributed by atoms with Crippen LogP contribution in [-0.2, 0) is 5.41 Å². The standard InChI is InChI=1S/C58H40N6/c1-58(2)50-17-9-11-19-54(50)64(55-20-12-10-18-51(55)58)57-36-47(62(45-27-21-39(37-59)22-28-45)46-29-23-40(38-60)24-30-46)35-56(61-57)63-52-31-25-43(41-13-5-3-6-14-41)33-48(52)49-34-44(26-32-53(49)63)42-15-7-4-8-16-42/h3-36H,1-2H3. The van der Waals surface area contributed by atoms with E-state index in [1.165, 1.54) is 11.1 Å². The third-order valence-electron chi connectivity index (χ3n) is 12.6. The Labute approximate surface area is 372 Å². The van der Waals surface area contributed by atoms with E-state index in [1.54, 1.807) is 0 Å². The van der Waals surface area contributed by atoms with E-state index in [0.717, 1.165) is 84.1 Å². The fourth-order valence-corrected chi connectivity index (χ4v) is 9.47. The third-order valence-corrected chi connectivity index (χ3v) is 12.6. The van der Waals surface area contributed by atoms with Gasteiger partial charge in [-0.15, -0.1) is 0 Å². The van der Waals surface area contributed by atoms with Crippen LogP contribution in [0.4, 0.5) is 34.3 Å². The zero-order valence-electron chi connectivity index (χ0n) is 35.3. The van der Waals surface area contributed by atoms with Crippen molar-refractivity contribution in [1.29, 1.82) is 10.5 Å². The molecule has 0 saturated carbocycles. The summed E-state index contributed by atoms with van der Waals surface area (Å²) in [7, 11) is 0. The molecule has 0 radical (unpaired) electrons. The molecule has 3 heterocycles. The second-order valence-electron chi connectivity index (χ2n) is 16.7. The van der Waals surface area contributed by atoms with E-state index >= 15 is 0 Å². The molecule has 0 unspecified atom stereocenters. The highest BCUT2D eigenvalue weighted by atomic mass is 15.2. The van der Waals surface area contributed by atoms with Gasteiger partial charge in [0.25, 0.3) is 0 Å². The van der Waals surface area contributed by atoms with Crippen molar-refractivity contribution in [2.24, 2.45) is 0 Å². The van der Waals surface area contributed by atoms with Crippen LogP contribution in [0.25, 0.3) is 49.9 Å². The predicted octanol–water partition coefficient (Wildman–Crippen LogP) is 14.8. The topological polar surface area (TPSA) is 71.9 Å². The molecule has 0 fully saturated rings. The summed E-state index contributed by atoms with van der Waals surface area (Å²) in [4.78, 5) is 10.2. The van der Waals surface area contributed by atoms with E-state index < -0.39 is 0 Å². The minimum Gasteiger partial charge on any atom is -0.310 e. The Kier molecular flexibility index (Phi) is 9.16. The van der Waals surface area contributed by atoms with E-state index in [1.807, 2.05) is 48.5 Å². The van der Waals surface area contributed by atoms with Crippen molar-refractivity contribution in [1.82, 2.24) is 9.55 Å². The number of hydrogen-bond acceptors (Lipinski definition) is 5. The van der Waals surface area contributed by atoms with Crippen molar-refractivity contribution in [3.63, 3.8) is 0 Å². The van der Waals surface area contributed by atoms with E-state index in [4.69, 9.17) is 4.98 Å². The summed E-state index contributed by atoms with van der Waals surface area (Å²) in [5.74, 6) is 1.48. The fourth-order valence-electron chi connectivity index (χ4n) is 9.47. The van der Waals surface area contributed by atoms with Gasteiger partial charge in [0, 0.05) is 39.7 Å². The number of nitrogens with zero attached hydrogens (tertiary/aromatic N) is 6. The number of rotatable bonds is 7. The highest BCUT2D eigenvalue weighted by molar-refractivity contribution is 6.11. The molecular weight excluding hydrogens is 781 g/mol. The van der Waals surface area contributed by atoms with Crippen molar-refractivity contribution in [2.75, 3.05) is 9.80 Å². The lowest BCUT2D eigenvalue weighted by Crippen LogP contribution is -2.31. The molecule has 1 aliphatic rings. The third kappa shape index (κ3) is 6.37. The maximum absolute atomic E-state index is 9.80. The summed E-state index contributed by atoms with van der Waals surface area (Å²) in [5.41, 5.74) is 14.6. The highest BCUT2D eigenvalue weighted by Gasteiger charge is 2.37. The Bertz CT molecular complexity index is 3280. The number of aromatic nitrogens is 2. The van der Waals surface area contributed by atoms with Crippen LogP contribution in [-0.4, -0.2) is 9.55 Å². The van der Waals surface area contributed by atoms with Gasteiger partial charge in [-0.05, 0) is 118 Å². The largest absolute Gasteiger partial charge is 0.310 e. The van der Waals surface area contributed by atoms with Crippen LogP contribution in [0, 0.1) is 22.7 Å². The van der Waals surface area contributed by atoms with Crippen LogP contribution in [0.1, 0.15) is 36.1 Å². The molecule has 0 saturated heterocycles. The summed E-state index contributed by atoms with van der Waals surface area (Å²) < 4.78 is 2.29. The average molecular weight is 821 g/mol. The van der Waals surface area contributed by atoms with Gasteiger partial charge >= 0.3 is 0 Å². The fraction of sp³-hybridized carbons (Fsp3) is 0.0517. The van der Waals surface area contributed by atoms with Gasteiger partial charge < -0.3 is 4.90 Å². The molecule has 0 atom stereocenters. The van der Waals surface area contributed by atoms with Crippen LogP contribution >= 0.6 is 0 Å². The first-order valence-corrected chi connectivity index (χ1v) is 21.4. The van der Waals surface area contributed by atoms with Crippen LogP contribution in [0.15, 0.2) is 206 Å². The van der Waals surface area contributed by atoms with Gasteiger partial charge in [-0.1, -0.05) is 123 Å². The Morgan fingerprint density at radius 2 is 0.875 bits per heavy atom. The van der Waals surface area contributed by atoms with E-state index in [0.29, 0.717) is 11.1 Å². The van der Waals surface area contributed by atoms with Gasteiger partial charge in [-0.2, -0.15) is 10.5 Å². The van der Waals surface area contributed by atoms with Crippen LogP contribution < -0.4 is 9.80 Å². The highest BCUT2D eigenvalue weighted by Crippen LogP contribution is 2.52. The normalized spacial score (nSPS) is 12.6. The molecule has 6 heteroatoms. The molecule has 11 rings (SSSR count). The number of nitriles is 2. The van der Waals surface area contributed by atoms with E-state index in [-0.39, 0.29) is 5.41 Å². The molecule has 0 N–H and O–H groups in total. The summed E-state index contributed by atoms with van der Waals surface area (Å²) in [6.07, 6.45) is 0. The summed E-state index contributed by atoms with van der Waals surface area (Å²) in [5, 5.41) is 21.8. The zero-order chi connectivity index (χ0) is 43.4. The molecular formula is C58H40N6. The molecule has 8 aromatic carbocycles. The minimum atomic E-state index is -0.263. The lowest BCUT2D eigenvalue weighted by molar-refractivity contribution is 0.631. The van der Waals surface area contributed by atoms with Crippen molar-refractivity contribution in [3.8, 4) is 40.2 Å². The SMILES string of the molecule is CC1(C)c2ccccc2N(c2cc(N(c3ccc(C#N)cc3)c3ccc(C#N)cc3)cc(-n3c4ccc(-c5ccccc5)cc4c4cc(-c5ccccc5)ccc43)n2)c2ccccc21. The Morgan fingerprint density at radius 3 is 1.34 bits per heavy atom. The number of anilines is 6. The maximum Gasteiger partial charge on any atom is 0.142 e. The summed E-state index contributed by atoms with van der Waals surface area (Å²) in [6, 6.07) is 75.9. The van der Waals surface area contributed by atoms with Gasteiger partial charge in [0.15, 0.2) is 0 Å². The first kappa shape index (κ1) is 38.2. The van der Waals surface area contributed by atoms with Crippen LogP contribution in [0.5, 0.6) is 0 Å². The summed E-state index contributed by atoms with van der Waals surface area (Å²) >= 11 is 0. The molecule has 64 heavy (non-hydrogen) atoms. The first-order valence-electron chi connectivity index (χ1n) is 21.4. The summed E-state index contributed by atoms with van der Waals surface area (Å²) in [6.45, 7) is 4.58. The first-order chi connectivity index (χ1) is 31.4. The van der Waals surface area contributed by atoms with E-state index in [9.17, 15) is 10.5 Å². The monoisotopic (exact) mass is 820 g/mol. The number of fused-ring (bicyclic) bond motifs is 5. The van der Waals surface area contributed by atoms with Crippen LogP contribution in [0.3, 0.4) is 0 Å². The Morgan fingerprint density at radius 1 is 0.438 bits per heavy atom. The maximum atomic E-state index is 9.80. The molecule has 10 aromatic rings. The lowest BCUT2D eigenvalue weighted by atomic mass is 9.73. The van der Waals surface area contributed by atoms with Gasteiger partial charge in [0.1, 0.15) is 11.6 Å². The van der Waals surface area contributed by atoms with Gasteiger partial charge in [0.05, 0.1) is 51.4 Å². The van der Waals surface area contributed by atoms with Crippen molar-refractivity contribution in [2.45, 2.75) is 19.3 Å². The molecule has 302 valence electrons. The molecule has 0 spiro atoms. The van der Waals surface area contributed by atoms with Crippen LogP contribution in [0.2, 0.25) is 0 Å². The number of para-hydroxylation sites is 2. The van der Waals surface area contributed by atoms with Gasteiger partial charge in [0.2, 0.25) is 0 Å². The van der Waals surface area contributed by atoms with Gasteiger partial charge in [-0.25, -0.2) is 4.98 Å². The Hall–Kier alpha value is -8.71. The lowest BCUT2D eigenvalue weighted by Gasteiger charge is -2.41. The minimum absolute atomic E-state index is 0.263. The molecule has 0 aliphatic carbocycles. The zero-order valence-corrected chi connectivity index (χ0v) is 35.3. The average Bonchev–Trinajstić information content (AvgIpc) is 3.68. The van der Waals surface area contributed by atoms with Crippen molar-refractivity contribution in [3.05, 3.63) is 229 Å². The molecule has 0 bridgehead atoms. The molecule has 1 aliphatic heterocycles. The number of benzene rings is 8. The number of hydrogen-bond donors (Lipinski definition) is 0. The Balaban J connectivity index is 1.23. The second-order valence-corrected chi connectivity index (χ2v) is 16.7. The molecule has 6 nitrogen and oxygen atoms in total. The predicted molar refractivity (Wildman–Crippen MR) is 260 cm³/mol.